The van der Waals surface area contributed by atoms with Gasteiger partial charge in [0.25, 0.3) is 0 Å². The summed E-state index contributed by atoms with van der Waals surface area (Å²) in [4.78, 5) is 10.4. The predicted octanol–water partition coefficient (Wildman–Crippen LogP) is 3.85. The Bertz CT molecular complexity index is 382. The second kappa shape index (κ2) is 7.27. The minimum absolute atomic E-state index is 0.0468. The zero-order valence-corrected chi connectivity index (χ0v) is 11.4. The molecule has 4 nitrogen and oxygen atoms in total. The highest BCUT2D eigenvalue weighted by Crippen LogP contribution is 2.27. The van der Waals surface area contributed by atoms with Gasteiger partial charge in [-0.15, -0.1) is 0 Å². The SMILES string of the molecule is Cc1ccc(OCCCCCBr)c([N+](=O)[O-])c1. The van der Waals surface area contributed by atoms with Gasteiger partial charge in [0, 0.05) is 11.4 Å². The minimum Gasteiger partial charge on any atom is -0.487 e. The Balaban J connectivity index is 2.55. The number of aryl methyl sites for hydroxylation is 1. The molecule has 1 aromatic carbocycles. The molecule has 0 atom stereocenters. The second-order valence-electron chi connectivity index (χ2n) is 3.83. The summed E-state index contributed by atoms with van der Waals surface area (Å²) in [6, 6.07) is 5.02. The second-order valence-corrected chi connectivity index (χ2v) is 4.62. The molecule has 0 amide bonds. The summed E-state index contributed by atoms with van der Waals surface area (Å²) >= 11 is 3.35. The minimum atomic E-state index is -0.402. The maximum Gasteiger partial charge on any atom is 0.311 e. The van der Waals surface area contributed by atoms with Crippen LogP contribution in [0, 0.1) is 17.0 Å². The summed E-state index contributed by atoms with van der Waals surface area (Å²) in [6.45, 7) is 2.35. The lowest BCUT2D eigenvalue weighted by atomic mass is 10.2. The molecule has 0 N–H and O–H groups in total. The summed E-state index contributed by atoms with van der Waals surface area (Å²) < 4.78 is 5.44. The number of ether oxygens (including phenoxy) is 1. The Morgan fingerprint density at radius 2 is 2.12 bits per heavy atom. The number of benzene rings is 1. The Morgan fingerprint density at radius 1 is 1.35 bits per heavy atom. The number of rotatable bonds is 7. The highest BCUT2D eigenvalue weighted by Gasteiger charge is 2.14. The molecule has 0 aliphatic rings. The number of hydrogen-bond acceptors (Lipinski definition) is 3. The van der Waals surface area contributed by atoms with Gasteiger partial charge in [0.1, 0.15) is 0 Å². The maximum absolute atomic E-state index is 10.8. The van der Waals surface area contributed by atoms with Crippen LogP contribution in [0.5, 0.6) is 5.75 Å². The largest absolute Gasteiger partial charge is 0.487 e. The van der Waals surface area contributed by atoms with Crippen LogP contribution in [0.25, 0.3) is 0 Å². The molecule has 0 aliphatic heterocycles. The monoisotopic (exact) mass is 301 g/mol. The van der Waals surface area contributed by atoms with Crippen molar-refractivity contribution < 1.29 is 9.66 Å². The first-order chi connectivity index (χ1) is 8.15. The van der Waals surface area contributed by atoms with Crippen molar-refractivity contribution >= 4 is 21.6 Å². The van der Waals surface area contributed by atoms with E-state index in [1.807, 2.05) is 13.0 Å². The molecule has 17 heavy (non-hydrogen) atoms. The Hall–Kier alpha value is -1.10. The van der Waals surface area contributed by atoms with Gasteiger partial charge >= 0.3 is 5.69 Å². The van der Waals surface area contributed by atoms with Crippen LogP contribution < -0.4 is 4.74 Å². The van der Waals surface area contributed by atoms with E-state index >= 15 is 0 Å². The van der Waals surface area contributed by atoms with Gasteiger partial charge < -0.3 is 4.74 Å². The number of nitro groups is 1. The van der Waals surface area contributed by atoms with Gasteiger partial charge in [-0.25, -0.2) is 0 Å². The number of nitrogens with zero attached hydrogens (tertiary/aromatic N) is 1. The van der Waals surface area contributed by atoms with E-state index in [0.29, 0.717) is 12.4 Å². The van der Waals surface area contributed by atoms with Gasteiger partial charge in [-0.3, -0.25) is 10.1 Å². The topological polar surface area (TPSA) is 52.4 Å². The molecule has 1 aromatic rings. The molecule has 0 aliphatic carbocycles. The molecule has 0 bridgehead atoms. The highest BCUT2D eigenvalue weighted by molar-refractivity contribution is 9.09. The lowest BCUT2D eigenvalue weighted by Gasteiger charge is -2.06. The Morgan fingerprint density at radius 3 is 2.76 bits per heavy atom. The van der Waals surface area contributed by atoms with Gasteiger partial charge in [-0.1, -0.05) is 22.0 Å². The Labute approximate surface area is 109 Å². The molecule has 0 spiro atoms. The number of hydrogen-bond donors (Lipinski definition) is 0. The van der Waals surface area contributed by atoms with Crippen molar-refractivity contribution in [1.29, 1.82) is 0 Å². The first kappa shape index (κ1) is 14.0. The molecule has 0 unspecified atom stereocenters. The van der Waals surface area contributed by atoms with Crippen LogP contribution in [0.3, 0.4) is 0 Å². The van der Waals surface area contributed by atoms with Gasteiger partial charge in [0.2, 0.25) is 0 Å². The molecular weight excluding hydrogens is 286 g/mol. The molecular formula is C12H16BrNO3. The van der Waals surface area contributed by atoms with E-state index in [0.717, 1.165) is 30.2 Å². The average Bonchev–Trinajstić information content (AvgIpc) is 2.30. The van der Waals surface area contributed by atoms with Crippen LogP contribution in [-0.4, -0.2) is 16.9 Å². The lowest BCUT2D eigenvalue weighted by Crippen LogP contribution is -2.01. The zero-order valence-electron chi connectivity index (χ0n) is 9.82. The van der Waals surface area contributed by atoms with E-state index in [9.17, 15) is 10.1 Å². The lowest BCUT2D eigenvalue weighted by molar-refractivity contribution is -0.385. The summed E-state index contributed by atoms with van der Waals surface area (Å²) in [5, 5.41) is 11.8. The number of unbranched alkanes of at least 4 members (excludes halogenated alkanes) is 2. The van der Waals surface area contributed by atoms with Crippen molar-refractivity contribution in [3.63, 3.8) is 0 Å². The molecule has 0 saturated heterocycles. The van der Waals surface area contributed by atoms with E-state index in [4.69, 9.17) is 4.74 Å². The van der Waals surface area contributed by atoms with Crippen molar-refractivity contribution in [2.75, 3.05) is 11.9 Å². The zero-order chi connectivity index (χ0) is 12.7. The number of halogens is 1. The summed E-state index contributed by atoms with van der Waals surface area (Å²) in [5.41, 5.74) is 0.911. The third-order valence-electron chi connectivity index (χ3n) is 2.35. The van der Waals surface area contributed by atoms with Gasteiger partial charge in [-0.05, 0) is 37.8 Å². The quantitative estimate of drug-likeness (QED) is 0.333. The predicted molar refractivity (Wildman–Crippen MR) is 71.0 cm³/mol. The van der Waals surface area contributed by atoms with Crippen LogP contribution >= 0.6 is 15.9 Å². The fourth-order valence-corrected chi connectivity index (χ4v) is 1.84. The smallest absolute Gasteiger partial charge is 0.311 e. The highest BCUT2D eigenvalue weighted by atomic mass is 79.9. The van der Waals surface area contributed by atoms with Gasteiger partial charge in [0.05, 0.1) is 11.5 Å². The first-order valence-electron chi connectivity index (χ1n) is 5.59. The molecule has 0 aromatic heterocycles. The van der Waals surface area contributed by atoms with Crippen molar-refractivity contribution in [1.82, 2.24) is 0 Å². The maximum atomic E-state index is 10.8. The normalized spacial score (nSPS) is 10.2. The van der Waals surface area contributed by atoms with Crippen molar-refractivity contribution in [3.05, 3.63) is 33.9 Å². The first-order valence-corrected chi connectivity index (χ1v) is 6.71. The molecule has 0 saturated carbocycles. The Kier molecular flexibility index (Phi) is 5.97. The van der Waals surface area contributed by atoms with E-state index < -0.39 is 4.92 Å². The van der Waals surface area contributed by atoms with Crippen molar-refractivity contribution in [3.8, 4) is 5.75 Å². The van der Waals surface area contributed by atoms with Gasteiger partial charge in [-0.2, -0.15) is 0 Å². The fraction of sp³-hybridized carbons (Fsp3) is 0.500. The fourth-order valence-electron chi connectivity index (χ4n) is 1.45. The number of alkyl halides is 1. The molecule has 0 heterocycles. The molecule has 5 heteroatoms. The van der Waals surface area contributed by atoms with Crippen LogP contribution in [-0.2, 0) is 0 Å². The molecule has 0 radical (unpaired) electrons. The molecule has 0 fully saturated rings. The van der Waals surface area contributed by atoms with E-state index in [2.05, 4.69) is 15.9 Å². The van der Waals surface area contributed by atoms with Crippen molar-refractivity contribution in [2.45, 2.75) is 26.2 Å². The van der Waals surface area contributed by atoms with E-state index in [1.54, 1.807) is 6.07 Å². The number of nitro benzene ring substituents is 1. The summed E-state index contributed by atoms with van der Waals surface area (Å²) in [5.74, 6) is 0.361. The van der Waals surface area contributed by atoms with E-state index in [1.165, 1.54) is 6.07 Å². The average molecular weight is 302 g/mol. The summed E-state index contributed by atoms with van der Waals surface area (Å²) in [6.07, 6.45) is 3.07. The van der Waals surface area contributed by atoms with Crippen LogP contribution in [0.2, 0.25) is 0 Å². The standard InChI is InChI=1S/C12H16BrNO3/c1-10-5-6-12(11(9-10)14(15)16)17-8-4-2-3-7-13/h5-6,9H,2-4,7-8H2,1H3. The van der Waals surface area contributed by atoms with Crippen LogP contribution in [0.15, 0.2) is 18.2 Å². The van der Waals surface area contributed by atoms with Crippen LogP contribution in [0.1, 0.15) is 24.8 Å². The summed E-state index contributed by atoms with van der Waals surface area (Å²) in [7, 11) is 0. The third-order valence-corrected chi connectivity index (χ3v) is 2.91. The van der Waals surface area contributed by atoms with E-state index in [-0.39, 0.29) is 5.69 Å². The van der Waals surface area contributed by atoms with Crippen LogP contribution in [0.4, 0.5) is 5.69 Å². The van der Waals surface area contributed by atoms with Crippen molar-refractivity contribution in [2.24, 2.45) is 0 Å². The molecule has 1 rings (SSSR count). The molecule has 94 valence electrons. The van der Waals surface area contributed by atoms with Gasteiger partial charge in [0.15, 0.2) is 5.75 Å². The third kappa shape index (κ3) is 4.73.